The number of rotatable bonds is 4. The number of aromatic nitrogens is 3. The molecule has 0 fully saturated rings. The Morgan fingerprint density at radius 2 is 2.05 bits per heavy atom. The van der Waals surface area contributed by atoms with Gasteiger partial charge in [-0.3, -0.25) is 9.78 Å². The van der Waals surface area contributed by atoms with Gasteiger partial charge in [-0.1, -0.05) is 12.1 Å². The van der Waals surface area contributed by atoms with E-state index in [2.05, 4.69) is 30.4 Å². The van der Waals surface area contributed by atoms with Crippen LogP contribution in [0.1, 0.15) is 21.6 Å². The van der Waals surface area contributed by atoms with E-state index in [0.29, 0.717) is 5.56 Å². The number of hydrogen-bond donors (Lipinski definition) is 2. The van der Waals surface area contributed by atoms with Crippen molar-refractivity contribution in [3.8, 4) is 0 Å². The van der Waals surface area contributed by atoms with Crippen LogP contribution in [0.25, 0.3) is 0 Å². The van der Waals surface area contributed by atoms with E-state index in [-0.39, 0.29) is 17.2 Å². The van der Waals surface area contributed by atoms with Gasteiger partial charge in [0.25, 0.3) is 5.56 Å². The average Bonchev–Trinajstić information content (AvgIpc) is 2.51. The molecule has 2 N–H and O–H groups in total. The summed E-state index contributed by atoms with van der Waals surface area (Å²) in [5.41, 5.74) is 3.73. The number of H-pyrrole nitrogens is 1. The van der Waals surface area contributed by atoms with Crippen molar-refractivity contribution in [1.29, 1.82) is 0 Å². The monoisotopic (exact) mass is 287 g/mol. The fourth-order valence-electron chi connectivity index (χ4n) is 1.43. The molecular formula is C13H13N5O3. The Balaban J connectivity index is 2.02. The zero-order valence-electron chi connectivity index (χ0n) is 11.5. The summed E-state index contributed by atoms with van der Waals surface area (Å²) in [4.78, 5) is 25.1. The minimum Gasteiger partial charge on any atom is -0.465 e. The van der Waals surface area contributed by atoms with Crippen LogP contribution < -0.4 is 11.0 Å². The predicted molar refractivity (Wildman–Crippen MR) is 76.4 cm³/mol. The van der Waals surface area contributed by atoms with Crippen LogP contribution in [-0.4, -0.2) is 34.5 Å². The van der Waals surface area contributed by atoms with Crippen LogP contribution in [0.2, 0.25) is 0 Å². The van der Waals surface area contributed by atoms with Gasteiger partial charge in [0.05, 0.1) is 18.9 Å². The zero-order chi connectivity index (χ0) is 15.2. The minimum atomic E-state index is -0.399. The third kappa shape index (κ3) is 3.72. The van der Waals surface area contributed by atoms with Crippen LogP contribution in [0.4, 0.5) is 5.95 Å². The third-order valence-electron chi connectivity index (χ3n) is 2.58. The molecule has 1 aromatic carbocycles. The quantitative estimate of drug-likeness (QED) is 0.487. The molecule has 0 amide bonds. The number of aromatic amines is 1. The van der Waals surface area contributed by atoms with E-state index in [9.17, 15) is 9.59 Å². The van der Waals surface area contributed by atoms with Crippen molar-refractivity contribution < 1.29 is 9.53 Å². The van der Waals surface area contributed by atoms with Crippen molar-refractivity contribution in [3.63, 3.8) is 0 Å². The Labute approximate surface area is 119 Å². The van der Waals surface area contributed by atoms with E-state index in [0.717, 1.165) is 5.56 Å². The predicted octanol–water partition coefficient (Wildman–Crippen LogP) is 0.706. The molecule has 1 heterocycles. The molecule has 1 aromatic heterocycles. The summed E-state index contributed by atoms with van der Waals surface area (Å²) in [6.45, 7) is 1.56. The van der Waals surface area contributed by atoms with Gasteiger partial charge in [0, 0.05) is 0 Å². The van der Waals surface area contributed by atoms with Crippen LogP contribution in [-0.2, 0) is 4.74 Å². The Morgan fingerprint density at radius 1 is 1.33 bits per heavy atom. The third-order valence-corrected chi connectivity index (χ3v) is 2.58. The molecule has 0 atom stereocenters. The standard InChI is InChI=1S/C13H13N5O3/c1-8-11(19)15-13(18-16-8)17-14-7-9-3-5-10(6-4-9)12(20)21-2/h3-7H,1-2H3,(H2,15,17,18,19). The van der Waals surface area contributed by atoms with Crippen molar-refractivity contribution in [2.75, 3.05) is 12.5 Å². The number of nitrogens with one attached hydrogen (secondary N) is 2. The van der Waals surface area contributed by atoms with Gasteiger partial charge in [-0.05, 0) is 24.6 Å². The molecule has 0 aliphatic heterocycles. The molecule has 0 bridgehead atoms. The molecule has 0 unspecified atom stereocenters. The maximum atomic E-state index is 11.3. The maximum absolute atomic E-state index is 11.3. The highest BCUT2D eigenvalue weighted by Crippen LogP contribution is 2.04. The Hall–Kier alpha value is -3.03. The van der Waals surface area contributed by atoms with E-state index in [1.165, 1.54) is 13.3 Å². The summed E-state index contributed by atoms with van der Waals surface area (Å²) in [5.74, 6) is -0.253. The fourth-order valence-corrected chi connectivity index (χ4v) is 1.43. The van der Waals surface area contributed by atoms with E-state index in [4.69, 9.17) is 0 Å². The van der Waals surface area contributed by atoms with Crippen LogP contribution >= 0.6 is 0 Å². The first-order chi connectivity index (χ1) is 10.1. The van der Waals surface area contributed by atoms with Gasteiger partial charge in [0.15, 0.2) is 0 Å². The molecule has 108 valence electrons. The summed E-state index contributed by atoms with van der Waals surface area (Å²) < 4.78 is 4.60. The summed E-state index contributed by atoms with van der Waals surface area (Å²) in [5, 5.41) is 11.3. The molecule has 0 aliphatic carbocycles. The number of hydrazone groups is 1. The van der Waals surface area contributed by atoms with Crippen LogP contribution in [0.3, 0.4) is 0 Å². The number of carbonyl (C=O) groups excluding carboxylic acids is 1. The number of benzene rings is 1. The van der Waals surface area contributed by atoms with Crippen LogP contribution in [0.15, 0.2) is 34.2 Å². The second-order valence-electron chi connectivity index (χ2n) is 4.07. The number of aryl methyl sites for hydroxylation is 1. The smallest absolute Gasteiger partial charge is 0.337 e. The van der Waals surface area contributed by atoms with Gasteiger partial charge in [-0.15, -0.1) is 10.2 Å². The lowest BCUT2D eigenvalue weighted by molar-refractivity contribution is 0.0600. The first-order valence-electron chi connectivity index (χ1n) is 6.01. The lowest BCUT2D eigenvalue weighted by atomic mass is 10.1. The molecule has 2 rings (SSSR count). The Morgan fingerprint density at radius 3 is 2.67 bits per heavy atom. The lowest BCUT2D eigenvalue weighted by Gasteiger charge is -2.00. The fraction of sp³-hybridized carbons (Fsp3) is 0.154. The SMILES string of the molecule is COC(=O)c1ccc(C=NNc2nnc(C)c(=O)[nH]2)cc1. The number of ether oxygens (including phenoxy) is 1. The summed E-state index contributed by atoms with van der Waals surface area (Å²) in [6.07, 6.45) is 1.51. The van der Waals surface area contributed by atoms with Gasteiger partial charge in [-0.2, -0.15) is 5.10 Å². The summed E-state index contributed by atoms with van der Waals surface area (Å²) in [6, 6.07) is 6.67. The topological polar surface area (TPSA) is 109 Å². The molecule has 8 nitrogen and oxygen atoms in total. The Bertz CT molecular complexity index is 721. The van der Waals surface area contributed by atoms with Gasteiger partial charge < -0.3 is 4.74 Å². The molecule has 0 saturated carbocycles. The van der Waals surface area contributed by atoms with Crippen molar-refractivity contribution in [1.82, 2.24) is 15.2 Å². The van der Waals surface area contributed by atoms with E-state index in [1.807, 2.05) is 0 Å². The second kappa shape index (κ2) is 6.42. The van der Waals surface area contributed by atoms with Crippen molar-refractivity contribution in [2.24, 2.45) is 5.10 Å². The van der Waals surface area contributed by atoms with Gasteiger partial charge in [0.2, 0.25) is 5.95 Å². The normalized spacial score (nSPS) is 10.6. The molecule has 21 heavy (non-hydrogen) atoms. The van der Waals surface area contributed by atoms with Crippen molar-refractivity contribution >= 4 is 18.1 Å². The second-order valence-corrected chi connectivity index (χ2v) is 4.07. The molecule has 0 spiro atoms. The van der Waals surface area contributed by atoms with Gasteiger partial charge in [-0.25, -0.2) is 10.2 Å². The molecular weight excluding hydrogens is 274 g/mol. The highest BCUT2D eigenvalue weighted by atomic mass is 16.5. The molecule has 0 radical (unpaired) electrons. The van der Waals surface area contributed by atoms with Crippen LogP contribution in [0, 0.1) is 6.92 Å². The van der Waals surface area contributed by atoms with Crippen LogP contribution in [0.5, 0.6) is 0 Å². The largest absolute Gasteiger partial charge is 0.465 e. The highest BCUT2D eigenvalue weighted by molar-refractivity contribution is 5.90. The maximum Gasteiger partial charge on any atom is 0.337 e. The molecule has 0 saturated heterocycles. The number of hydrogen-bond acceptors (Lipinski definition) is 7. The molecule has 2 aromatic rings. The van der Waals surface area contributed by atoms with E-state index >= 15 is 0 Å². The summed E-state index contributed by atoms with van der Waals surface area (Å²) in [7, 11) is 1.32. The summed E-state index contributed by atoms with van der Waals surface area (Å²) >= 11 is 0. The minimum absolute atomic E-state index is 0.146. The number of anilines is 1. The van der Waals surface area contributed by atoms with Crippen molar-refractivity contribution in [3.05, 3.63) is 51.4 Å². The first kappa shape index (κ1) is 14.4. The highest BCUT2D eigenvalue weighted by Gasteiger charge is 2.03. The zero-order valence-corrected chi connectivity index (χ0v) is 11.5. The number of methoxy groups -OCH3 is 1. The molecule has 8 heteroatoms. The van der Waals surface area contributed by atoms with Crippen molar-refractivity contribution in [2.45, 2.75) is 6.92 Å². The number of esters is 1. The Kier molecular flexibility index (Phi) is 4.39. The average molecular weight is 287 g/mol. The first-order valence-corrected chi connectivity index (χ1v) is 6.01. The molecule has 0 aliphatic rings. The lowest BCUT2D eigenvalue weighted by Crippen LogP contribution is -2.15. The van der Waals surface area contributed by atoms with E-state index < -0.39 is 5.97 Å². The van der Waals surface area contributed by atoms with Gasteiger partial charge in [0.1, 0.15) is 5.69 Å². The van der Waals surface area contributed by atoms with Gasteiger partial charge >= 0.3 is 5.97 Å². The van der Waals surface area contributed by atoms with E-state index in [1.54, 1.807) is 31.2 Å². The number of nitrogens with zero attached hydrogens (tertiary/aromatic N) is 3. The number of carbonyl (C=O) groups is 1.